The Labute approximate surface area is 151 Å². The van der Waals surface area contributed by atoms with Gasteiger partial charge in [0.15, 0.2) is 5.96 Å². The number of rotatable bonds is 6. The van der Waals surface area contributed by atoms with E-state index in [0.717, 1.165) is 31.2 Å². The van der Waals surface area contributed by atoms with Gasteiger partial charge in [-0.2, -0.15) is 0 Å². The molecule has 3 atom stereocenters. The first-order chi connectivity index (χ1) is 12.1. The third-order valence-corrected chi connectivity index (χ3v) is 6.33. The summed E-state index contributed by atoms with van der Waals surface area (Å²) in [5.41, 5.74) is 1.17. The van der Waals surface area contributed by atoms with Gasteiger partial charge in [-0.05, 0) is 37.0 Å². The standard InChI is InChI=1S/C18H28FN3O2S/c1-3-25(24)16-6-4-5-15(10-16)22-18(20-2)21-11-13-7-8-17(19)14(9-13)12-23/h7-9,15-16,23H,3-6,10-12H2,1-2H3,(H2,20,21,22). The molecule has 1 fully saturated rings. The number of benzene rings is 1. The molecule has 0 saturated heterocycles. The molecule has 0 aliphatic heterocycles. The average molecular weight is 370 g/mol. The fourth-order valence-electron chi connectivity index (χ4n) is 3.18. The molecule has 0 radical (unpaired) electrons. The molecule has 0 heterocycles. The summed E-state index contributed by atoms with van der Waals surface area (Å²) < 4.78 is 25.5. The van der Waals surface area contributed by atoms with Crippen LogP contribution >= 0.6 is 0 Å². The van der Waals surface area contributed by atoms with Gasteiger partial charge in [0.2, 0.25) is 0 Å². The summed E-state index contributed by atoms with van der Waals surface area (Å²) in [5.74, 6) is 0.996. The molecule has 0 bridgehead atoms. The molecular formula is C18H28FN3O2S. The van der Waals surface area contributed by atoms with E-state index in [9.17, 15) is 8.60 Å². The molecule has 1 aliphatic rings. The predicted octanol–water partition coefficient (Wildman–Crippen LogP) is 2.06. The van der Waals surface area contributed by atoms with Gasteiger partial charge in [0.05, 0.1) is 6.61 Å². The zero-order valence-electron chi connectivity index (χ0n) is 14.9. The lowest BCUT2D eigenvalue weighted by molar-refractivity contribution is 0.275. The Kier molecular flexibility index (Phi) is 7.84. The molecule has 2 rings (SSSR count). The van der Waals surface area contributed by atoms with E-state index >= 15 is 0 Å². The second-order valence-electron chi connectivity index (χ2n) is 6.31. The normalized spacial score (nSPS) is 22.5. The molecule has 1 aromatic rings. The van der Waals surface area contributed by atoms with Crippen molar-refractivity contribution < 1.29 is 13.7 Å². The van der Waals surface area contributed by atoms with Crippen molar-refractivity contribution in [2.45, 2.75) is 57.1 Å². The molecular weight excluding hydrogens is 341 g/mol. The number of aliphatic imine (C=N–C) groups is 1. The molecule has 1 aromatic carbocycles. The smallest absolute Gasteiger partial charge is 0.191 e. The van der Waals surface area contributed by atoms with Crippen LogP contribution in [0.1, 0.15) is 43.7 Å². The number of aliphatic hydroxyl groups excluding tert-OH is 1. The topological polar surface area (TPSA) is 73.7 Å². The Morgan fingerprint density at radius 3 is 2.92 bits per heavy atom. The van der Waals surface area contributed by atoms with Gasteiger partial charge in [-0.25, -0.2) is 4.39 Å². The third-order valence-electron chi connectivity index (χ3n) is 4.59. The molecule has 1 aliphatic carbocycles. The number of guanidine groups is 1. The maximum absolute atomic E-state index is 13.4. The molecule has 5 nitrogen and oxygen atoms in total. The molecule has 3 unspecified atom stereocenters. The van der Waals surface area contributed by atoms with Gasteiger partial charge in [0.1, 0.15) is 5.82 Å². The van der Waals surface area contributed by atoms with Crippen LogP contribution in [0.2, 0.25) is 0 Å². The lowest BCUT2D eigenvalue weighted by atomic mass is 9.95. The van der Waals surface area contributed by atoms with Crippen molar-refractivity contribution >= 4 is 16.8 Å². The first-order valence-electron chi connectivity index (χ1n) is 8.79. The van der Waals surface area contributed by atoms with Crippen molar-refractivity contribution in [3.8, 4) is 0 Å². The van der Waals surface area contributed by atoms with Crippen LogP contribution in [0.25, 0.3) is 0 Å². The number of hydrogen-bond donors (Lipinski definition) is 3. The van der Waals surface area contributed by atoms with E-state index in [1.165, 1.54) is 6.07 Å². The Morgan fingerprint density at radius 1 is 1.44 bits per heavy atom. The van der Waals surface area contributed by atoms with E-state index in [1.807, 2.05) is 6.92 Å². The van der Waals surface area contributed by atoms with Crippen LogP contribution in [-0.2, 0) is 24.0 Å². The van der Waals surface area contributed by atoms with Gasteiger partial charge in [0.25, 0.3) is 0 Å². The van der Waals surface area contributed by atoms with Crippen molar-refractivity contribution in [2.75, 3.05) is 12.8 Å². The highest BCUT2D eigenvalue weighted by Crippen LogP contribution is 2.23. The van der Waals surface area contributed by atoms with Gasteiger partial charge >= 0.3 is 0 Å². The molecule has 0 amide bonds. The summed E-state index contributed by atoms with van der Waals surface area (Å²) in [4.78, 5) is 4.24. The fraction of sp³-hybridized carbons (Fsp3) is 0.611. The largest absolute Gasteiger partial charge is 0.392 e. The van der Waals surface area contributed by atoms with Crippen LogP contribution in [0.5, 0.6) is 0 Å². The summed E-state index contributed by atoms with van der Waals surface area (Å²) >= 11 is 0. The third kappa shape index (κ3) is 5.78. The monoisotopic (exact) mass is 369 g/mol. The number of halogens is 1. The number of nitrogens with zero attached hydrogens (tertiary/aromatic N) is 1. The number of nitrogens with one attached hydrogen (secondary N) is 2. The van der Waals surface area contributed by atoms with E-state index in [0.29, 0.717) is 23.8 Å². The minimum Gasteiger partial charge on any atom is -0.392 e. The maximum atomic E-state index is 13.4. The van der Waals surface area contributed by atoms with E-state index < -0.39 is 16.6 Å². The number of aliphatic hydroxyl groups is 1. The van der Waals surface area contributed by atoms with Crippen molar-refractivity contribution in [3.05, 3.63) is 35.1 Å². The SMILES string of the molecule is CCS(=O)C1CCCC(NC(=NC)NCc2ccc(F)c(CO)c2)C1. The van der Waals surface area contributed by atoms with E-state index in [-0.39, 0.29) is 17.9 Å². The molecule has 7 heteroatoms. The molecule has 0 spiro atoms. The highest BCUT2D eigenvalue weighted by Gasteiger charge is 2.26. The lowest BCUT2D eigenvalue weighted by Crippen LogP contribution is -2.46. The van der Waals surface area contributed by atoms with Crippen LogP contribution in [-0.4, -0.2) is 39.4 Å². The molecule has 25 heavy (non-hydrogen) atoms. The first kappa shape index (κ1) is 19.8. The van der Waals surface area contributed by atoms with Crippen LogP contribution in [0.4, 0.5) is 4.39 Å². The summed E-state index contributed by atoms with van der Waals surface area (Å²) in [5, 5.41) is 16.0. The van der Waals surface area contributed by atoms with Crippen LogP contribution in [0.3, 0.4) is 0 Å². The Morgan fingerprint density at radius 2 is 2.24 bits per heavy atom. The predicted molar refractivity (Wildman–Crippen MR) is 100 cm³/mol. The van der Waals surface area contributed by atoms with Crippen LogP contribution in [0.15, 0.2) is 23.2 Å². The van der Waals surface area contributed by atoms with Crippen LogP contribution in [0, 0.1) is 5.82 Å². The lowest BCUT2D eigenvalue weighted by Gasteiger charge is -2.30. The zero-order valence-corrected chi connectivity index (χ0v) is 15.7. The Hall–Kier alpha value is -1.47. The van der Waals surface area contributed by atoms with Crippen molar-refractivity contribution in [1.82, 2.24) is 10.6 Å². The Balaban J connectivity index is 1.89. The highest BCUT2D eigenvalue weighted by atomic mass is 32.2. The second kappa shape index (κ2) is 9.87. The van der Waals surface area contributed by atoms with Gasteiger partial charge in [-0.1, -0.05) is 19.4 Å². The first-order valence-corrected chi connectivity index (χ1v) is 10.2. The Bertz CT molecular complexity index is 624. The molecule has 140 valence electrons. The molecule has 0 aromatic heterocycles. The van der Waals surface area contributed by atoms with Gasteiger partial charge < -0.3 is 15.7 Å². The van der Waals surface area contributed by atoms with E-state index in [1.54, 1.807) is 19.2 Å². The summed E-state index contributed by atoms with van der Waals surface area (Å²) in [7, 11) is 0.962. The van der Waals surface area contributed by atoms with Crippen molar-refractivity contribution in [2.24, 2.45) is 4.99 Å². The molecule has 3 N–H and O–H groups in total. The summed E-state index contributed by atoms with van der Waals surface area (Å²) in [6.07, 6.45) is 4.04. The van der Waals surface area contributed by atoms with Gasteiger partial charge in [0, 0.05) is 47.0 Å². The minimum atomic E-state index is -0.750. The number of hydrogen-bond acceptors (Lipinski definition) is 3. The maximum Gasteiger partial charge on any atom is 0.191 e. The highest BCUT2D eigenvalue weighted by molar-refractivity contribution is 7.85. The summed E-state index contributed by atoms with van der Waals surface area (Å²) in [6, 6.07) is 4.97. The quantitative estimate of drug-likeness (QED) is 0.530. The minimum absolute atomic E-state index is 0.263. The van der Waals surface area contributed by atoms with Crippen molar-refractivity contribution in [3.63, 3.8) is 0 Å². The van der Waals surface area contributed by atoms with E-state index in [4.69, 9.17) is 5.11 Å². The fourth-order valence-corrected chi connectivity index (χ4v) is 4.53. The van der Waals surface area contributed by atoms with Crippen molar-refractivity contribution in [1.29, 1.82) is 0 Å². The zero-order chi connectivity index (χ0) is 18.2. The average Bonchev–Trinajstić information content (AvgIpc) is 2.65. The van der Waals surface area contributed by atoms with E-state index in [2.05, 4.69) is 15.6 Å². The van der Waals surface area contributed by atoms with Gasteiger partial charge in [-0.3, -0.25) is 9.20 Å². The second-order valence-corrected chi connectivity index (χ2v) is 8.31. The van der Waals surface area contributed by atoms with Gasteiger partial charge in [-0.15, -0.1) is 0 Å². The van der Waals surface area contributed by atoms with Crippen LogP contribution < -0.4 is 10.6 Å². The summed E-state index contributed by atoms with van der Waals surface area (Å²) in [6.45, 7) is 2.14. The molecule has 1 saturated carbocycles.